The Bertz CT molecular complexity index is 2400. The van der Waals surface area contributed by atoms with E-state index >= 15 is 0 Å². The van der Waals surface area contributed by atoms with Gasteiger partial charge in [0.05, 0.1) is 17.2 Å². The number of benzene rings is 4. The maximum Gasteiger partial charge on any atom is 0.0626 e. The topological polar surface area (TPSA) is 8.17 Å². The van der Waals surface area contributed by atoms with Crippen LogP contribution in [0, 0.1) is 12.1 Å². The van der Waals surface area contributed by atoms with Crippen LogP contribution in [-0.2, 0) is 6.42 Å². The lowest BCUT2D eigenvalue weighted by atomic mass is 9.89. The first-order valence-electron chi connectivity index (χ1n) is 17.3. The van der Waals surface area contributed by atoms with Crippen molar-refractivity contribution in [2.24, 2.45) is 0 Å². The molecule has 0 radical (unpaired) electrons. The average Bonchev–Trinajstić information content (AvgIpc) is 3.84. The van der Waals surface area contributed by atoms with Crippen molar-refractivity contribution in [3.63, 3.8) is 0 Å². The van der Waals surface area contributed by atoms with Gasteiger partial charge in [0.15, 0.2) is 0 Å². The molecule has 3 atom stereocenters. The number of nitrogens with zero attached hydrogens (tertiary/aromatic N) is 2. The molecule has 0 spiro atoms. The van der Waals surface area contributed by atoms with Gasteiger partial charge in [-0.25, -0.2) is 0 Å². The van der Waals surface area contributed by atoms with Crippen molar-refractivity contribution in [3.8, 4) is 16.8 Å². The summed E-state index contributed by atoms with van der Waals surface area (Å²) >= 11 is 0. The fourth-order valence-electron chi connectivity index (χ4n) is 8.50. The highest BCUT2D eigenvalue weighted by Gasteiger charge is 2.39. The molecule has 0 saturated carbocycles. The second-order valence-corrected chi connectivity index (χ2v) is 13.5. The van der Waals surface area contributed by atoms with E-state index in [9.17, 15) is 0 Å². The zero-order chi connectivity index (χ0) is 32.3. The quantitative estimate of drug-likeness (QED) is 0.185. The molecule has 4 aliphatic rings. The van der Waals surface area contributed by atoms with Crippen LogP contribution in [0.25, 0.3) is 39.4 Å². The molecule has 1 aliphatic heterocycles. The molecule has 6 aromatic rings. The number of allylic oxidation sites excluding steroid dienone is 7. The maximum absolute atomic E-state index is 3.35. The molecule has 0 bridgehead atoms. The molecule has 3 unspecified atom stereocenters. The smallest absolute Gasteiger partial charge is 0.0626 e. The number of rotatable bonds is 5. The van der Waals surface area contributed by atoms with E-state index in [0.29, 0.717) is 11.8 Å². The predicted molar refractivity (Wildman–Crippen MR) is 203 cm³/mol. The van der Waals surface area contributed by atoms with Crippen molar-refractivity contribution in [2.75, 3.05) is 4.90 Å². The van der Waals surface area contributed by atoms with E-state index < -0.39 is 0 Å². The number of para-hydroxylation sites is 1. The molecule has 0 amide bonds. The van der Waals surface area contributed by atoms with Gasteiger partial charge in [-0.2, -0.15) is 0 Å². The van der Waals surface area contributed by atoms with Gasteiger partial charge in [0.2, 0.25) is 0 Å². The third kappa shape index (κ3) is 4.58. The molecule has 2 nitrogen and oxygen atoms in total. The molecule has 0 saturated heterocycles. The number of hydrogen-bond donors (Lipinski definition) is 0. The van der Waals surface area contributed by atoms with E-state index in [1.54, 1.807) is 0 Å². The van der Waals surface area contributed by atoms with Crippen molar-refractivity contribution < 1.29 is 0 Å². The zero-order valence-electron chi connectivity index (χ0n) is 27.1. The summed E-state index contributed by atoms with van der Waals surface area (Å²) in [5, 5.41) is 1.29. The van der Waals surface area contributed by atoms with Crippen LogP contribution >= 0.6 is 0 Å². The largest absolute Gasteiger partial charge is 0.337 e. The SMILES string of the molecule is c1cc(-n2c3c(c4ccccc42)C=C(c2ccc4c(c2)N(C2=CC=CC(c5ccccc5)C2)C2C=CC=CC42)C3)cc(-c2ccccc2)c#1. The van der Waals surface area contributed by atoms with E-state index in [2.05, 4.69) is 185 Å². The summed E-state index contributed by atoms with van der Waals surface area (Å²) in [5.41, 5.74) is 15.4. The van der Waals surface area contributed by atoms with Crippen LogP contribution in [0.15, 0.2) is 163 Å². The van der Waals surface area contributed by atoms with Gasteiger partial charge in [-0.1, -0.05) is 140 Å². The molecule has 1 aromatic heterocycles. The molecule has 0 fully saturated rings. The van der Waals surface area contributed by atoms with Crippen LogP contribution in [0.2, 0.25) is 0 Å². The van der Waals surface area contributed by atoms with Crippen LogP contribution < -0.4 is 4.90 Å². The summed E-state index contributed by atoms with van der Waals surface area (Å²) in [4.78, 5) is 2.63. The summed E-state index contributed by atoms with van der Waals surface area (Å²) in [6.45, 7) is 0. The number of anilines is 1. The Hall–Kier alpha value is -6.04. The summed E-state index contributed by atoms with van der Waals surface area (Å²) in [6, 6.07) is 48.7. The molecular weight excluding hydrogens is 593 g/mol. The Morgan fingerprint density at radius 3 is 2.43 bits per heavy atom. The summed E-state index contributed by atoms with van der Waals surface area (Å²) < 4.78 is 2.44. The van der Waals surface area contributed by atoms with E-state index in [-0.39, 0.29) is 6.04 Å². The van der Waals surface area contributed by atoms with Crippen LogP contribution in [0.4, 0.5) is 5.69 Å². The Morgan fingerprint density at radius 2 is 1.53 bits per heavy atom. The van der Waals surface area contributed by atoms with Gasteiger partial charge in [0, 0.05) is 57.9 Å². The lowest BCUT2D eigenvalue weighted by Gasteiger charge is -2.33. The first-order valence-corrected chi connectivity index (χ1v) is 17.3. The molecule has 2 heterocycles. The van der Waals surface area contributed by atoms with Crippen molar-refractivity contribution in [1.82, 2.24) is 4.57 Å². The third-order valence-electron chi connectivity index (χ3n) is 10.8. The second-order valence-electron chi connectivity index (χ2n) is 13.5. The number of fused-ring (bicyclic) bond motifs is 6. The molecule has 0 N–H and O–H groups in total. The lowest BCUT2D eigenvalue weighted by Crippen LogP contribution is -2.33. The Kier molecular flexibility index (Phi) is 6.46. The van der Waals surface area contributed by atoms with Crippen molar-refractivity contribution >= 4 is 28.2 Å². The Morgan fingerprint density at radius 1 is 0.714 bits per heavy atom. The fourth-order valence-corrected chi connectivity index (χ4v) is 8.50. The van der Waals surface area contributed by atoms with Gasteiger partial charge in [0.25, 0.3) is 0 Å². The van der Waals surface area contributed by atoms with Gasteiger partial charge in [0.1, 0.15) is 0 Å². The normalized spacial score (nSPS) is 20.1. The van der Waals surface area contributed by atoms with E-state index in [1.165, 1.54) is 55.8 Å². The van der Waals surface area contributed by atoms with E-state index in [1.807, 2.05) is 0 Å². The molecule has 49 heavy (non-hydrogen) atoms. The first-order chi connectivity index (χ1) is 24.3. The number of aromatic nitrogens is 1. The molecule has 2 heteroatoms. The van der Waals surface area contributed by atoms with Gasteiger partial charge < -0.3 is 9.47 Å². The minimum Gasteiger partial charge on any atom is -0.337 e. The molecular formula is C47H34N2. The predicted octanol–water partition coefficient (Wildman–Crippen LogP) is 11.0. The van der Waals surface area contributed by atoms with Crippen LogP contribution in [0.5, 0.6) is 0 Å². The highest BCUT2D eigenvalue weighted by molar-refractivity contribution is 6.02. The van der Waals surface area contributed by atoms with Gasteiger partial charge >= 0.3 is 0 Å². The molecule has 5 aromatic carbocycles. The summed E-state index contributed by atoms with van der Waals surface area (Å²) in [6.07, 6.45) is 20.5. The van der Waals surface area contributed by atoms with E-state index in [4.69, 9.17) is 0 Å². The molecule has 3 aliphatic carbocycles. The molecule has 10 rings (SSSR count). The van der Waals surface area contributed by atoms with Gasteiger partial charge in [-0.3, -0.25) is 0 Å². The minimum absolute atomic E-state index is 0.289. The highest BCUT2D eigenvalue weighted by atomic mass is 15.2. The Balaban J connectivity index is 1.04. The van der Waals surface area contributed by atoms with Crippen LogP contribution in [-0.4, -0.2) is 10.6 Å². The lowest BCUT2D eigenvalue weighted by molar-refractivity contribution is 0.682. The number of hydrogen-bond acceptors (Lipinski definition) is 1. The van der Waals surface area contributed by atoms with Crippen molar-refractivity contribution in [3.05, 3.63) is 204 Å². The van der Waals surface area contributed by atoms with Gasteiger partial charge in [-0.15, -0.1) is 0 Å². The van der Waals surface area contributed by atoms with Crippen molar-refractivity contribution in [1.29, 1.82) is 0 Å². The fraction of sp³-hybridized carbons (Fsp3) is 0.106. The minimum atomic E-state index is 0.289. The third-order valence-corrected chi connectivity index (χ3v) is 10.8. The first kappa shape index (κ1) is 28.0. The average molecular weight is 627 g/mol. The van der Waals surface area contributed by atoms with Crippen molar-refractivity contribution in [2.45, 2.75) is 30.7 Å². The standard InChI is InChI=1S/C47H34N2/c1-3-13-32(14-4-1)34-17-11-19-38(27-34)48-44-23-9-7-21-40(44)42-26-25-36(30-46(42)48)37-29-43-41-22-8-10-24-45(41)49(47(43)31-37)39-20-12-18-35(28-39)33-15-5-2-6-16-33/h1-11,13-17,19-26,28-30,34,40,44H,27,31H2. The van der Waals surface area contributed by atoms with Gasteiger partial charge in [-0.05, 0) is 64.6 Å². The highest BCUT2D eigenvalue weighted by Crippen LogP contribution is 2.49. The second kappa shape index (κ2) is 11.3. The summed E-state index contributed by atoms with van der Waals surface area (Å²) in [7, 11) is 0. The van der Waals surface area contributed by atoms with Crippen LogP contribution in [0.1, 0.15) is 46.2 Å². The molecule has 232 valence electrons. The monoisotopic (exact) mass is 626 g/mol. The zero-order valence-corrected chi connectivity index (χ0v) is 27.1. The van der Waals surface area contributed by atoms with E-state index in [0.717, 1.165) is 29.7 Å². The Labute approximate surface area is 288 Å². The maximum atomic E-state index is 3.35. The summed E-state index contributed by atoms with van der Waals surface area (Å²) in [5.74, 6) is 0.727. The van der Waals surface area contributed by atoms with Crippen LogP contribution in [0.3, 0.4) is 0 Å².